The van der Waals surface area contributed by atoms with Gasteiger partial charge in [0.15, 0.2) is 0 Å². The summed E-state index contributed by atoms with van der Waals surface area (Å²) in [5.41, 5.74) is 1.61. The lowest BCUT2D eigenvalue weighted by Crippen LogP contribution is -2.03. The van der Waals surface area contributed by atoms with Gasteiger partial charge in [0.2, 0.25) is 0 Å². The van der Waals surface area contributed by atoms with Gasteiger partial charge < -0.3 is 4.74 Å². The fourth-order valence-electron chi connectivity index (χ4n) is 1.29. The van der Waals surface area contributed by atoms with E-state index in [0.717, 1.165) is 0 Å². The second kappa shape index (κ2) is 3.17. The van der Waals surface area contributed by atoms with Crippen LogP contribution in [0.15, 0.2) is 18.3 Å². The maximum absolute atomic E-state index is 11.0. The van der Waals surface area contributed by atoms with E-state index < -0.39 is 0 Å². The number of methoxy groups -OCH3 is 1. The van der Waals surface area contributed by atoms with Crippen molar-refractivity contribution in [3.8, 4) is 0 Å². The Morgan fingerprint density at radius 2 is 2.31 bits per heavy atom. The predicted molar refractivity (Wildman–Crippen MR) is 47.6 cm³/mol. The zero-order valence-corrected chi connectivity index (χ0v) is 7.49. The Labute approximate surface area is 76.7 Å². The summed E-state index contributed by atoms with van der Waals surface area (Å²) in [5.74, 6) is 0.307. The molecule has 0 radical (unpaired) electrons. The van der Waals surface area contributed by atoms with Crippen molar-refractivity contribution >= 4 is 5.97 Å². The number of rotatable bonds is 2. The molecule has 0 unspecified atom stereocenters. The summed E-state index contributed by atoms with van der Waals surface area (Å²) in [6, 6.07) is 3.68. The lowest BCUT2D eigenvalue weighted by molar-refractivity contribution is 0.0594. The lowest BCUT2D eigenvalue weighted by Gasteiger charge is -1.99. The Kier molecular flexibility index (Phi) is 2.00. The third-order valence-corrected chi connectivity index (χ3v) is 2.23. The van der Waals surface area contributed by atoms with Crippen molar-refractivity contribution in [1.82, 2.24) is 4.98 Å². The van der Waals surface area contributed by atoms with Gasteiger partial charge in [0.25, 0.3) is 0 Å². The maximum Gasteiger partial charge on any atom is 0.356 e. The first kappa shape index (κ1) is 8.23. The monoisotopic (exact) mass is 177 g/mol. The molecule has 1 saturated carbocycles. The van der Waals surface area contributed by atoms with Crippen molar-refractivity contribution in [2.24, 2.45) is 0 Å². The highest BCUT2D eigenvalue weighted by Gasteiger charge is 2.23. The molecule has 2 rings (SSSR count). The molecule has 0 bridgehead atoms. The van der Waals surface area contributed by atoms with Crippen LogP contribution in [0.5, 0.6) is 0 Å². The molecule has 1 aromatic heterocycles. The van der Waals surface area contributed by atoms with Gasteiger partial charge in [-0.3, -0.25) is 0 Å². The van der Waals surface area contributed by atoms with Gasteiger partial charge in [-0.15, -0.1) is 0 Å². The first-order valence-corrected chi connectivity index (χ1v) is 4.35. The van der Waals surface area contributed by atoms with Gasteiger partial charge in [0.05, 0.1) is 7.11 Å². The molecule has 0 N–H and O–H groups in total. The molecule has 0 aromatic carbocycles. The standard InChI is InChI=1S/C10H11NO2/c1-13-10(12)9-5-4-8(6-11-9)7-2-3-7/h4-7H,2-3H2,1H3. The number of pyridine rings is 1. The van der Waals surface area contributed by atoms with Crippen LogP contribution in [0, 0.1) is 0 Å². The number of hydrogen-bond donors (Lipinski definition) is 0. The molecule has 1 aliphatic carbocycles. The second-order valence-electron chi connectivity index (χ2n) is 3.24. The Bertz CT molecular complexity index is 314. The van der Waals surface area contributed by atoms with Gasteiger partial charge in [0.1, 0.15) is 5.69 Å². The minimum Gasteiger partial charge on any atom is -0.464 e. The summed E-state index contributed by atoms with van der Waals surface area (Å²) in [5, 5.41) is 0. The third-order valence-electron chi connectivity index (χ3n) is 2.23. The van der Waals surface area contributed by atoms with Crippen molar-refractivity contribution in [1.29, 1.82) is 0 Å². The van der Waals surface area contributed by atoms with Crippen LogP contribution < -0.4 is 0 Å². The average Bonchev–Trinajstić information content (AvgIpc) is 3.00. The van der Waals surface area contributed by atoms with Gasteiger partial charge in [-0.2, -0.15) is 0 Å². The molecule has 1 aromatic rings. The van der Waals surface area contributed by atoms with E-state index in [2.05, 4.69) is 9.72 Å². The van der Waals surface area contributed by atoms with Crippen LogP contribution >= 0.6 is 0 Å². The van der Waals surface area contributed by atoms with Crippen LogP contribution in [0.2, 0.25) is 0 Å². The molecular formula is C10H11NO2. The van der Waals surface area contributed by atoms with Crippen LogP contribution in [-0.4, -0.2) is 18.1 Å². The van der Waals surface area contributed by atoms with Crippen molar-refractivity contribution in [2.75, 3.05) is 7.11 Å². The van der Waals surface area contributed by atoms with Crippen molar-refractivity contribution in [3.05, 3.63) is 29.6 Å². The van der Waals surface area contributed by atoms with Crippen LogP contribution in [0.25, 0.3) is 0 Å². The zero-order chi connectivity index (χ0) is 9.26. The average molecular weight is 177 g/mol. The van der Waals surface area contributed by atoms with Crippen molar-refractivity contribution < 1.29 is 9.53 Å². The molecular weight excluding hydrogens is 166 g/mol. The number of aromatic nitrogens is 1. The molecule has 0 amide bonds. The smallest absolute Gasteiger partial charge is 0.356 e. The number of carbonyl (C=O) groups is 1. The molecule has 1 heterocycles. The van der Waals surface area contributed by atoms with Gasteiger partial charge >= 0.3 is 5.97 Å². The molecule has 3 nitrogen and oxygen atoms in total. The normalized spacial score (nSPS) is 15.5. The van der Waals surface area contributed by atoms with Gasteiger partial charge in [-0.1, -0.05) is 6.07 Å². The number of esters is 1. The fraction of sp³-hybridized carbons (Fsp3) is 0.400. The first-order valence-electron chi connectivity index (χ1n) is 4.35. The van der Waals surface area contributed by atoms with Gasteiger partial charge in [-0.25, -0.2) is 9.78 Å². The number of ether oxygens (including phenoxy) is 1. The quantitative estimate of drug-likeness (QED) is 0.646. The molecule has 0 saturated heterocycles. The highest BCUT2D eigenvalue weighted by molar-refractivity contribution is 5.86. The largest absolute Gasteiger partial charge is 0.464 e. The molecule has 68 valence electrons. The van der Waals surface area contributed by atoms with Crippen molar-refractivity contribution in [3.63, 3.8) is 0 Å². The van der Waals surface area contributed by atoms with E-state index in [1.807, 2.05) is 6.07 Å². The second-order valence-corrected chi connectivity index (χ2v) is 3.24. The highest BCUT2D eigenvalue weighted by Crippen LogP contribution is 2.39. The molecule has 1 fully saturated rings. The molecule has 1 aliphatic rings. The van der Waals surface area contributed by atoms with E-state index >= 15 is 0 Å². The van der Waals surface area contributed by atoms with Crippen LogP contribution in [0.4, 0.5) is 0 Å². The van der Waals surface area contributed by atoms with Crippen molar-refractivity contribution in [2.45, 2.75) is 18.8 Å². The minimum absolute atomic E-state index is 0.373. The molecule has 13 heavy (non-hydrogen) atoms. The minimum atomic E-state index is -0.373. The summed E-state index contributed by atoms with van der Waals surface area (Å²) in [6.07, 6.45) is 4.27. The van der Waals surface area contributed by atoms with E-state index in [9.17, 15) is 4.79 Å². The van der Waals surface area contributed by atoms with Crippen LogP contribution in [-0.2, 0) is 4.74 Å². The number of carbonyl (C=O) groups excluding carboxylic acids is 1. The van der Waals surface area contributed by atoms with Gasteiger partial charge in [-0.05, 0) is 30.4 Å². The Morgan fingerprint density at radius 3 is 2.77 bits per heavy atom. The number of nitrogens with zero attached hydrogens (tertiary/aromatic N) is 1. The number of hydrogen-bond acceptors (Lipinski definition) is 3. The molecule has 0 atom stereocenters. The molecule has 0 spiro atoms. The van der Waals surface area contributed by atoms with Gasteiger partial charge in [0, 0.05) is 6.20 Å². The summed E-state index contributed by atoms with van der Waals surface area (Å²) >= 11 is 0. The van der Waals surface area contributed by atoms with E-state index in [4.69, 9.17) is 0 Å². The lowest BCUT2D eigenvalue weighted by atomic mass is 10.2. The van der Waals surface area contributed by atoms with Crippen LogP contribution in [0.3, 0.4) is 0 Å². The summed E-state index contributed by atoms with van der Waals surface area (Å²) < 4.78 is 4.55. The summed E-state index contributed by atoms with van der Waals surface area (Å²) in [7, 11) is 1.36. The van der Waals surface area contributed by atoms with Crippen LogP contribution in [0.1, 0.15) is 34.8 Å². The van der Waals surface area contributed by atoms with E-state index in [1.165, 1.54) is 25.5 Å². The SMILES string of the molecule is COC(=O)c1ccc(C2CC2)cn1. The summed E-state index contributed by atoms with van der Waals surface area (Å²) in [6.45, 7) is 0. The Balaban J connectivity index is 2.17. The Morgan fingerprint density at radius 1 is 1.54 bits per heavy atom. The first-order chi connectivity index (χ1) is 6.31. The highest BCUT2D eigenvalue weighted by atomic mass is 16.5. The third kappa shape index (κ3) is 1.69. The molecule has 3 heteroatoms. The summed E-state index contributed by atoms with van der Waals surface area (Å²) in [4.78, 5) is 15.1. The molecule has 0 aliphatic heterocycles. The van der Waals surface area contributed by atoms with E-state index in [0.29, 0.717) is 11.6 Å². The Hall–Kier alpha value is -1.38. The van der Waals surface area contributed by atoms with E-state index in [1.54, 1.807) is 12.3 Å². The topological polar surface area (TPSA) is 39.2 Å². The van der Waals surface area contributed by atoms with E-state index in [-0.39, 0.29) is 5.97 Å². The predicted octanol–water partition coefficient (Wildman–Crippen LogP) is 1.75. The fourth-order valence-corrected chi connectivity index (χ4v) is 1.29. The zero-order valence-electron chi connectivity index (χ0n) is 7.49. The maximum atomic E-state index is 11.0.